The molecule has 2 fully saturated rings. The Bertz CT molecular complexity index is 1200. The molecule has 30 heavy (non-hydrogen) atoms. The van der Waals surface area contributed by atoms with Crippen LogP contribution in [0, 0.1) is 3.57 Å². The number of aromatic nitrogens is 4. The second-order valence-corrected chi connectivity index (χ2v) is 8.32. The molecule has 0 atom stereocenters. The van der Waals surface area contributed by atoms with Gasteiger partial charge in [-0.1, -0.05) is 12.1 Å². The maximum Gasteiger partial charge on any atom is 0.326 e. The van der Waals surface area contributed by atoms with Crippen LogP contribution in [-0.2, 0) is 11.3 Å². The molecule has 1 saturated heterocycles. The Balaban J connectivity index is 1.50. The summed E-state index contributed by atoms with van der Waals surface area (Å²) < 4.78 is 2.76. The van der Waals surface area contributed by atoms with Gasteiger partial charge in [-0.05, 0) is 59.2 Å². The van der Waals surface area contributed by atoms with Crippen molar-refractivity contribution >= 4 is 58.1 Å². The van der Waals surface area contributed by atoms with Crippen LogP contribution in [0.3, 0.4) is 0 Å². The molecule has 2 aromatic heterocycles. The van der Waals surface area contributed by atoms with Gasteiger partial charge in [-0.15, -0.1) is 0 Å². The quantitative estimate of drug-likeness (QED) is 0.225. The van der Waals surface area contributed by atoms with Crippen molar-refractivity contribution in [3.05, 3.63) is 50.9 Å². The summed E-state index contributed by atoms with van der Waals surface area (Å²) in [5.41, 5.74) is 2.39. The van der Waals surface area contributed by atoms with Crippen molar-refractivity contribution in [1.82, 2.24) is 30.2 Å². The van der Waals surface area contributed by atoms with Gasteiger partial charge in [0.25, 0.3) is 5.91 Å². The van der Waals surface area contributed by atoms with E-state index in [1.165, 1.54) is 0 Å². The molecule has 1 aliphatic heterocycles. The van der Waals surface area contributed by atoms with Gasteiger partial charge in [0.2, 0.25) is 11.9 Å². The molecular formula is C19H17IN8O2. The number of carbonyl (C=O) groups is 2. The van der Waals surface area contributed by atoms with Crippen molar-refractivity contribution in [2.45, 2.75) is 25.4 Å². The summed E-state index contributed by atoms with van der Waals surface area (Å²) in [6.45, 7) is 0.568. The third-order valence-electron chi connectivity index (χ3n) is 4.67. The first-order chi connectivity index (χ1) is 14.5. The fourth-order valence-corrected chi connectivity index (χ4v) is 3.65. The number of fused-ring (bicyclic) bond motifs is 1. The van der Waals surface area contributed by atoms with Crippen LogP contribution in [-0.4, -0.2) is 37.6 Å². The maximum absolute atomic E-state index is 11.9. The first-order valence-electron chi connectivity index (χ1n) is 9.40. The van der Waals surface area contributed by atoms with Crippen LogP contribution in [0.5, 0.6) is 0 Å². The predicted molar refractivity (Wildman–Crippen MR) is 119 cm³/mol. The van der Waals surface area contributed by atoms with Gasteiger partial charge in [-0.25, -0.2) is 4.79 Å². The average Bonchev–Trinajstić information content (AvgIpc) is 3.35. The molecule has 0 spiro atoms. The van der Waals surface area contributed by atoms with E-state index in [4.69, 9.17) is 0 Å². The van der Waals surface area contributed by atoms with Crippen LogP contribution in [0.1, 0.15) is 24.0 Å². The molecule has 3 amide bonds. The summed E-state index contributed by atoms with van der Waals surface area (Å²) in [7, 11) is 0. The summed E-state index contributed by atoms with van der Waals surface area (Å²) in [5, 5.41) is 15.7. The number of carbonyl (C=O) groups excluding carboxylic acids is 2. The fraction of sp³-hybridized carbons (Fsp3) is 0.211. The van der Waals surface area contributed by atoms with Crippen molar-refractivity contribution in [3.63, 3.8) is 0 Å². The Morgan fingerprint density at radius 2 is 2.10 bits per heavy atom. The van der Waals surface area contributed by atoms with Gasteiger partial charge in [0, 0.05) is 21.7 Å². The molecule has 5 rings (SSSR count). The lowest BCUT2D eigenvalue weighted by atomic mass is 10.2. The highest BCUT2D eigenvalue weighted by Gasteiger charge is 2.25. The highest BCUT2D eigenvalue weighted by Crippen LogP contribution is 2.25. The molecule has 1 aliphatic carbocycles. The molecule has 1 saturated carbocycles. The zero-order valence-electron chi connectivity index (χ0n) is 15.6. The minimum atomic E-state index is -0.548. The first kappa shape index (κ1) is 18.8. The molecular weight excluding hydrogens is 499 g/mol. The Morgan fingerprint density at radius 1 is 1.23 bits per heavy atom. The van der Waals surface area contributed by atoms with Crippen LogP contribution >= 0.6 is 22.6 Å². The Kier molecular flexibility index (Phi) is 4.73. The summed E-state index contributed by atoms with van der Waals surface area (Å²) in [6.07, 6.45) is 5.32. The zero-order valence-corrected chi connectivity index (χ0v) is 17.8. The van der Waals surface area contributed by atoms with Gasteiger partial charge in [0.1, 0.15) is 5.70 Å². The summed E-state index contributed by atoms with van der Waals surface area (Å²) >= 11 is 2.28. The highest BCUT2D eigenvalue weighted by atomic mass is 127. The molecule has 4 N–H and O–H groups in total. The van der Waals surface area contributed by atoms with Gasteiger partial charge in [-0.3, -0.25) is 10.1 Å². The van der Waals surface area contributed by atoms with Crippen molar-refractivity contribution in [2.75, 3.05) is 10.6 Å². The van der Waals surface area contributed by atoms with E-state index in [0.29, 0.717) is 35.7 Å². The minimum absolute atomic E-state index is 0.151. The number of urea groups is 1. The molecule has 0 radical (unpaired) electrons. The monoisotopic (exact) mass is 516 g/mol. The van der Waals surface area contributed by atoms with E-state index in [-0.39, 0.29) is 5.70 Å². The lowest BCUT2D eigenvalue weighted by molar-refractivity contribution is -0.115. The van der Waals surface area contributed by atoms with Gasteiger partial charge in [0.05, 0.1) is 6.20 Å². The largest absolute Gasteiger partial charge is 0.351 e. The molecule has 3 heterocycles. The molecule has 1 aromatic carbocycles. The number of benzene rings is 1. The number of rotatable bonds is 6. The molecule has 0 bridgehead atoms. The highest BCUT2D eigenvalue weighted by molar-refractivity contribution is 14.1. The van der Waals surface area contributed by atoms with E-state index in [2.05, 4.69) is 65.0 Å². The Hall–Kier alpha value is -3.22. The van der Waals surface area contributed by atoms with E-state index < -0.39 is 11.9 Å². The second kappa shape index (κ2) is 7.55. The molecule has 10 nitrogen and oxygen atoms in total. The third kappa shape index (κ3) is 3.92. The van der Waals surface area contributed by atoms with Crippen LogP contribution in [0.4, 0.5) is 16.7 Å². The molecule has 0 unspecified atom stereocenters. The van der Waals surface area contributed by atoms with E-state index >= 15 is 0 Å². The SMILES string of the molecule is O=C1NC(=O)/C(=C/c2cnn3c(NC4CC4)nc(NCc4cccc(I)c4)nc23)N1. The minimum Gasteiger partial charge on any atom is -0.351 e. The lowest BCUT2D eigenvalue weighted by Gasteiger charge is -2.10. The standard InChI is InChI=1S/C19H17IN8O2/c20-12-3-1-2-10(6-12)8-21-17-25-15-11(7-14-16(29)26-19(30)24-14)9-22-28(15)18(27-17)23-13-4-5-13/h1-3,6-7,9,13H,4-5,8H2,(H2,21,23,25,27)(H2,24,26,29,30)/b14-7-. The first-order valence-corrected chi connectivity index (χ1v) is 10.5. The number of halogens is 1. The van der Waals surface area contributed by atoms with Gasteiger partial charge in [0.15, 0.2) is 5.65 Å². The number of hydrogen-bond donors (Lipinski definition) is 4. The van der Waals surface area contributed by atoms with Gasteiger partial charge >= 0.3 is 6.03 Å². The molecule has 152 valence electrons. The number of amides is 3. The van der Waals surface area contributed by atoms with Gasteiger partial charge in [-0.2, -0.15) is 19.6 Å². The van der Waals surface area contributed by atoms with Crippen molar-refractivity contribution in [3.8, 4) is 0 Å². The van der Waals surface area contributed by atoms with Gasteiger partial charge < -0.3 is 16.0 Å². The number of anilines is 2. The summed E-state index contributed by atoms with van der Waals surface area (Å²) in [6, 6.07) is 7.99. The van der Waals surface area contributed by atoms with Crippen LogP contribution in [0.25, 0.3) is 11.7 Å². The molecule has 11 heteroatoms. The second-order valence-electron chi connectivity index (χ2n) is 7.07. The molecule has 3 aromatic rings. The van der Waals surface area contributed by atoms with E-state index in [1.54, 1.807) is 16.8 Å². The number of imide groups is 1. The topological polar surface area (TPSA) is 125 Å². The number of nitrogens with one attached hydrogen (secondary N) is 4. The Morgan fingerprint density at radius 3 is 2.83 bits per heavy atom. The number of nitrogens with zero attached hydrogens (tertiary/aromatic N) is 4. The summed E-state index contributed by atoms with van der Waals surface area (Å²) in [4.78, 5) is 32.4. The van der Waals surface area contributed by atoms with Crippen molar-refractivity contribution in [2.24, 2.45) is 0 Å². The fourth-order valence-electron chi connectivity index (χ4n) is 3.05. The summed E-state index contributed by atoms with van der Waals surface area (Å²) in [5.74, 6) is 0.545. The lowest BCUT2D eigenvalue weighted by Crippen LogP contribution is -2.22. The Labute approximate surface area is 184 Å². The van der Waals surface area contributed by atoms with Crippen molar-refractivity contribution in [1.29, 1.82) is 0 Å². The van der Waals surface area contributed by atoms with Crippen LogP contribution < -0.4 is 21.3 Å². The normalized spacial score (nSPS) is 17.3. The predicted octanol–water partition coefficient (Wildman–Crippen LogP) is 2.10. The zero-order chi connectivity index (χ0) is 20.7. The van der Waals surface area contributed by atoms with Crippen LogP contribution in [0.15, 0.2) is 36.2 Å². The van der Waals surface area contributed by atoms with E-state index in [9.17, 15) is 9.59 Å². The number of hydrogen-bond acceptors (Lipinski definition) is 7. The van der Waals surface area contributed by atoms with Crippen LogP contribution in [0.2, 0.25) is 0 Å². The van der Waals surface area contributed by atoms with E-state index in [1.807, 2.05) is 18.2 Å². The van der Waals surface area contributed by atoms with Crippen molar-refractivity contribution < 1.29 is 9.59 Å². The van der Waals surface area contributed by atoms with E-state index in [0.717, 1.165) is 22.0 Å². The molecule has 2 aliphatic rings. The maximum atomic E-state index is 11.9. The third-order valence-corrected chi connectivity index (χ3v) is 5.34. The smallest absolute Gasteiger partial charge is 0.326 e. The average molecular weight is 516 g/mol.